The van der Waals surface area contributed by atoms with Gasteiger partial charge >= 0.3 is 5.91 Å². The minimum absolute atomic E-state index is 0.0860. The summed E-state index contributed by atoms with van der Waals surface area (Å²) < 4.78 is 7.15. The third kappa shape index (κ3) is 4.75. The van der Waals surface area contributed by atoms with Crippen LogP contribution >= 0.6 is 11.6 Å². The van der Waals surface area contributed by atoms with E-state index in [0.29, 0.717) is 22.7 Å². The van der Waals surface area contributed by atoms with E-state index in [1.54, 1.807) is 28.8 Å². The minimum atomic E-state index is -0.564. The van der Waals surface area contributed by atoms with Gasteiger partial charge in [-0.3, -0.25) is 4.79 Å². The molecule has 156 valence electrons. The summed E-state index contributed by atoms with van der Waals surface area (Å²) in [5, 5.41) is 19.7. The molecular formula is C24H20ClN3O3. The van der Waals surface area contributed by atoms with Crippen LogP contribution in [0.2, 0.25) is 5.02 Å². The molecule has 31 heavy (non-hydrogen) atoms. The van der Waals surface area contributed by atoms with E-state index in [-0.39, 0.29) is 18.2 Å². The number of carbonyl (C=O) groups is 1. The second-order valence-electron chi connectivity index (χ2n) is 7.10. The normalized spacial score (nSPS) is 11.3. The summed E-state index contributed by atoms with van der Waals surface area (Å²) in [7, 11) is 0. The van der Waals surface area contributed by atoms with Gasteiger partial charge in [-0.2, -0.15) is 0 Å². The van der Waals surface area contributed by atoms with Crippen molar-refractivity contribution in [1.82, 2.24) is 4.57 Å². The minimum Gasteiger partial charge on any atom is -0.493 e. The van der Waals surface area contributed by atoms with Gasteiger partial charge in [0.05, 0.1) is 12.1 Å². The number of carbonyl (C=O) groups excluding carboxylic acids is 1. The Balaban J connectivity index is 1.59. The highest BCUT2D eigenvalue weighted by atomic mass is 35.5. The number of nitrogens with zero attached hydrogens (tertiary/aromatic N) is 3. The van der Waals surface area contributed by atoms with Crippen LogP contribution in [0.5, 0.6) is 11.6 Å². The van der Waals surface area contributed by atoms with Crippen LogP contribution in [0.3, 0.4) is 0 Å². The topological polar surface area (TPSA) is 76.2 Å². The van der Waals surface area contributed by atoms with Crippen LogP contribution < -0.4 is 4.74 Å². The van der Waals surface area contributed by atoms with Crippen LogP contribution in [-0.2, 0) is 11.3 Å². The summed E-state index contributed by atoms with van der Waals surface area (Å²) >= 11 is 6.15. The molecule has 1 heterocycles. The van der Waals surface area contributed by atoms with Gasteiger partial charge in [0, 0.05) is 10.4 Å². The number of aromatic nitrogens is 1. The Morgan fingerprint density at radius 3 is 2.55 bits per heavy atom. The van der Waals surface area contributed by atoms with Crippen molar-refractivity contribution in [3.05, 3.63) is 88.9 Å². The number of aromatic hydroxyl groups is 1. The van der Waals surface area contributed by atoms with Gasteiger partial charge in [-0.25, -0.2) is 0 Å². The first kappa shape index (κ1) is 20.6. The van der Waals surface area contributed by atoms with Gasteiger partial charge < -0.3 is 14.4 Å². The molecule has 4 aromatic rings. The zero-order valence-electron chi connectivity index (χ0n) is 16.8. The van der Waals surface area contributed by atoms with Gasteiger partial charge in [-0.05, 0) is 42.8 Å². The molecule has 3 aromatic carbocycles. The van der Waals surface area contributed by atoms with Crippen LogP contribution in [0.1, 0.15) is 11.1 Å². The number of ether oxygens (including phenoxy) is 1. The van der Waals surface area contributed by atoms with Crippen molar-refractivity contribution in [1.29, 1.82) is 0 Å². The SMILES string of the molecule is Cc1ccc(OCC(=O)N=Nc2c(O)n(Cc3ccccc3)c3ccc(Cl)cc23)cc1. The lowest BCUT2D eigenvalue weighted by atomic mass is 10.2. The predicted octanol–water partition coefficient (Wildman–Crippen LogP) is 6.05. The summed E-state index contributed by atoms with van der Waals surface area (Å²) in [5.41, 5.74) is 3.04. The maximum atomic E-state index is 12.2. The molecule has 0 atom stereocenters. The number of hydrogen-bond donors (Lipinski definition) is 1. The van der Waals surface area contributed by atoms with E-state index < -0.39 is 5.91 Å². The van der Waals surface area contributed by atoms with Crippen molar-refractivity contribution in [3.63, 3.8) is 0 Å². The van der Waals surface area contributed by atoms with Gasteiger partial charge in [0.15, 0.2) is 12.3 Å². The number of halogens is 1. The number of hydrogen-bond acceptors (Lipinski definition) is 4. The van der Waals surface area contributed by atoms with Crippen molar-refractivity contribution in [2.45, 2.75) is 13.5 Å². The Bertz CT molecular complexity index is 1250. The van der Waals surface area contributed by atoms with Crippen LogP contribution in [0.4, 0.5) is 5.69 Å². The average molecular weight is 434 g/mol. The average Bonchev–Trinajstić information content (AvgIpc) is 3.02. The van der Waals surface area contributed by atoms with E-state index in [9.17, 15) is 9.90 Å². The van der Waals surface area contributed by atoms with Crippen LogP contribution in [-0.4, -0.2) is 22.2 Å². The molecule has 0 fully saturated rings. The molecule has 0 aliphatic heterocycles. The molecule has 6 nitrogen and oxygen atoms in total. The van der Waals surface area contributed by atoms with E-state index >= 15 is 0 Å². The molecular weight excluding hydrogens is 414 g/mol. The number of benzene rings is 3. The molecule has 0 unspecified atom stereocenters. The maximum absolute atomic E-state index is 12.2. The molecule has 0 aliphatic carbocycles. The third-order valence-electron chi connectivity index (χ3n) is 4.80. The number of azo groups is 1. The fourth-order valence-electron chi connectivity index (χ4n) is 3.23. The molecule has 1 N–H and O–H groups in total. The van der Waals surface area contributed by atoms with Crippen molar-refractivity contribution < 1.29 is 14.6 Å². The Hall–Kier alpha value is -3.64. The van der Waals surface area contributed by atoms with Gasteiger partial charge in [0.1, 0.15) is 5.75 Å². The van der Waals surface area contributed by atoms with Crippen LogP contribution in [0.25, 0.3) is 10.9 Å². The quantitative estimate of drug-likeness (QED) is 0.376. The first-order valence-corrected chi connectivity index (χ1v) is 10.1. The molecule has 0 bridgehead atoms. The number of fused-ring (bicyclic) bond motifs is 1. The Morgan fingerprint density at radius 1 is 1.06 bits per heavy atom. The molecule has 0 spiro atoms. The largest absolute Gasteiger partial charge is 0.493 e. The van der Waals surface area contributed by atoms with Crippen molar-refractivity contribution in [2.75, 3.05) is 6.61 Å². The lowest BCUT2D eigenvalue weighted by molar-refractivity contribution is -0.120. The molecule has 0 aliphatic rings. The number of amides is 1. The number of rotatable bonds is 6. The third-order valence-corrected chi connectivity index (χ3v) is 5.04. The molecule has 1 amide bonds. The zero-order valence-corrected chi connectivity index (χ0v) is 17.6. The van der Waals surface area contributed by atoms with Crippen molar-refractivity contribution in [2.24, 2.45) is 10.2 Å². The lowest BCUT2D eigenvalue weighted by Crippen LogP contribution is -2.07. The highest BCUT2D eigenvalue weighted by molar-refractivity contribution is 6.31. The van der Waals surface area contributed by atoms with E-state index in [1.807, 2.05) is 55.5 Å². The van der Waals surface area contributed by atoms with Gasteiger partial charge in [-0.15, -0.1) is 10.2 Å². The summed E-state index contributed by atoms with van der Waals surface area (Å²) in [6.45, 7) is 2.15. The van der Waals surface area contributed by atoms with Gasteiger partial charge in [-0.1, -0.05) is 59.6 Å². The van der Waals surface area contributed by atoms with E-state index in [1.165, 1.54) is 0 Å². The smallest absolute Gasteiger partial charge is 0.302 e. The highest BCUT2D eigenvalue weighted by Crippen LogP contribution is 2.40. The second kappa shape index (κ2) is 9.02. The molecule has 0 saturated heterocycles. The summed E-state index contributed by atoms with van der Waals surface area (Å²) in [4.78, 5) is 12.2. The van der Waals surface area contributed by atoms with Gasteiger partial charge in [0.25, 0.3) is 0 Å². The lowest BCUT2D eigenvalue weighted by Gasteiger charge is -2.07. The summed E-state index contributed by atoms with van der Waals surface area (Å²) in [6.07, 6.45) is 0. The fourth-order valence-corrected chi connectivity index (χ4v) is 3.41. The van der Waals surface area contributed by atoms with E-state index in [2.05, 4.69) is 10.2 Å². The van der Waals surface area contributed by atoms with Gasteiger partial charge in [0.2, 0.25) is 5.88 Å². The van der Waals surface area contributed by atoms with Crippen LogP contribution in [0.15, 0.2) is 83.0 Å². The fraction of sp³-hybridized carbons (Fsp3) is 0.125. The molecule has 1 aromatic heterocycles. The predicted molar refractivity (Wildman–Crippen MR) is 120 cm³/mol. The Labute approximate surface area is 184 Å². The van der Waals surface area contributed by atoms with E-state index in [4.69, 9.17) is 16.3 Å². The second-order valence-corrected chi connectivity index (χ2v) is 7.54. The summed E-state index contributed by atoms with van der Waals surface area (Å²) in [6, 6.07) is 22.3. The molecule has 7 heteroatoms. The summed E-state index contributed by atoms with van der Waals surface area (Å²) in [5.74, 6) is -0.0775. The monoisotopic (exact) mass is 433 g/mol. The Morgan fingerprint density at radius 2 is 1.81 bits per heavy atom. The molecule has 0 radical (unpaired) electrons. The number of aryl methyl sites for hydroxylation is 1. The Kier molecular flexibility index (Phi) is 6.00. The molecule has 0 saturated carbocycles. The van der Waals surface area contributed by atoms with Crippen LogP contribution in [0, 0.1) is 6.92 Å². The maximum Gasteiger partial charge on any atom is 0.302 e. The standard InChI is InChI=1S/C24H20ClN3O3/c1-16-7-10-19(11-8-16)31-15-22(29)26-27-23-20-13-18(25)9-12-21(20)28(24(23)30)14-17-5-3-2-4-6-17/h2-13,30H,14-15H2,1H3. The highest BCUT2D eigenvalue weighted by Gasteiger charge is 2.18. The first-order chi connectivity index (χ1) is 15.0. The van der Waals surface area contributed by atoms with Crippen molar-refractivity contribution in [3.8, 4) is 11.6 Å². The first-order valence-electron chi connectivity index (χ1n) is 9.70. The zero-order chi connectivity index (χ0) is 21.8. The molecule has 4 rings (SSSR count). The van der Waals surface area contributed by atoms with E-state index in [0.717, 1.165) is 16.6 Å². The van der Waals surface area contributed by atoms with Crippen molar-refractivity contribution >= 4 is 34.1 Å².